The molecule has 0 aromatic heterocycles. The third-order valence-electron chi connectivity index (χ3n) is 4.42. The summed E-state index contributed by atoms with van der Waals surface area (Å²) in [7, 11) is -3.02. The molecule has 2 N–H and O–H groups in total. The lowest BCUT2D eigenvalue weighted by Crippen LogP contribution is -2.37. The Kier molecular flexibility index (Phi) is 4.83. The fraction of sp³-hybridized carbons (Fsp3) is 0.500. The monoisotopic (exact) mass is 370 g/mol. The van der Waals surface area contributed by atoms with Crippen molar-refractivity contribution >= 4 is 33.3 Å². The van der Waals surface area contributed by atoms with Crippen LogP contribution in [0.3, 0.4) is 0 Å². The minimum absolute atomic E-state index is 0.00110. The standard InChI is InChI=1S/C16H19ClN2O4S/c17-11-3-1-10(2-4-11)8-18-15(20)13-7-14(13)16(21)19-12-5-6-24(22,23)9-12/h1-4,12-14H,5-9H2,(H,18,20)(H,19,21). The van der Waals surface area contributed by atoms with Gasteiger partial charge < -0.3 is 10.6 Å². The van der Waals surface area contributed by atoms with Gasteiger partial charge in [-0.25, -0.2) is 8.42 Å². The summed E-state index contributed by atoms with van der Waals surface area (Å²) < 4.78 is 22.8. The first-order valence-electron chi connectivity index (χ1n) is 7.87. The predicted octanol–water partition coefficient (Wildman–Crippen LogP) is 0.896. The molecule has 3 atom stereocenters. The highest BCUT2D eigenvalue weighted by atomic mass is 35.5. The van der Waals surface area contributed by atoms with E-state index >= 15 is 0 Å². The zero-order valence-electron chi connectivity index (χ0n) is 13.0. The second-order valence-corrected chi connectivity index (χ2v) is 9.07. The molecule has 3 unspecified atom stereocenters. The lowest BCUT2D eigenvalue weighted by Gasteiger charge is -2.10. The average molecular weight is 371 g/mol. The topological polar surface area (TPSA) is 92.3 Å². The molecule has 0 radical (unpaired) electrons. The number of halogens is 1. The smallest absolute Gasteiger partial charge is 0.224 e. The molecule has 0 spiro atoms. The van der Waals surface area contributed by atoms with E-state index < -0.39 is 9.84 Å². The van der Waals surface area contributed by atoms with Crippen molar-refractivity contribution < 1.29 is 18.0 Å². The van der Waals surface area contributed by atoms with Gasteiger partial charge in [0.1, 0.15) is 0 Å². The molecule has 1 saturated heterocycles. The number of carbonyl (C=O) groups is 2. The SMILES string of the molecule is O=C(NCc1ccc(Cl)cc1)C1CC1C(=O)NC1CCS(=O)(=O)C1. The fourth-order valence-corrected chi connectivity index (χ4v) is 4.71. The van der Waals surface area contributed by atoms with Crippen molar-refractivity contribution in [1.82, 2.24) is 10.6 Å². The predicted molar refractivity (Wildman–Crippen MR) is 90.1 cm³/mol. The summed E-state index contributed by atoms with van der Waals surface area (Å²) in [4.78, 5) is 24.2. The molecule has 1 saturated carbocycles. The molecule has 8 heteroatoms. The molecule has 1 heterocycles. The van der Waals surface area contributed by atoms with Crippen LogP contribution in [0.2, 0.25) is 5.02 Å². The van der Waals surface area contributed by atoms with Gasteiger partial charge in [-0.1, -0.05) is 23.7 Å². The minimum Gasteiger partial charge on any atom is -0.352 e. The van der Waals surface area contributed by atoms with Crippen LogP contribution in [0.4, 0.5) is 0 Å². The Morgan fingerprint density at radius 1 is 1.12 bits per heavy atom. The number of hydrogen-bond donors (Lipinski definition) is 2. The second-order valence-electron chi connectivity index (χ2n) is 6.40. The van der Waals surface area contributed by atoms with Crippen LogP contribution in [0, 0.1) is 11.8 Å². The Bertz CT molecular complexity index is 748. The molecule has 0 bridgehead atoms. The molecule has 1 aliphatic heterocycles. The van der Waals surface area contributed by atoms with Gasteiger partial charge in [-0.2, -0.15) is 0 Å². The van der Waals surface area contributed by atoms with Crippen LogP contribution < -0.4 is 10.6 Å². The molecule has 24 heavy (non-hydrogen) atoms. The fourth-order valence-electron chi connectivity index (χ4n) is 2.91. The molecule has 2 fully saturated rings. The van der Waals surface area contributed by atoms with Gasteiger partial charge in [0.15, 0.2) is 9.84 Å². The molecular formula is C16H19ClN2O4S. The number of amides is 2. The van der Waals surface area contributed by atoms with E-state index in [1.807, 2.05) is 12.1 Å². The number of sulfone groups is 1. The maximum atomic E-state index is 12.1. The Hall–Kier alpha value is -1.60. The van der Waals surface area contributed by atoms with Crippen LogP contribution in [-0.2, 0) is 26.0 Å². The van der Waals surface area contributed by atoms with E-state index in [4.69, 9.17) is 11.6 Å². The first-order chi connectivity index (χ1) is 11.3. The molecule has 1 aliphatic carbocycles. The zero-order chi connectivity index (χ0) is 17.3. The van der Waals surface area contributed by atoms with E-state index in [-0.39, 0.29) is 41.2 Å². The van der Waals surface area contributed by atoms with Crippen LogP contribution in [0.15, 0.2) is 24.3 Å². The summed E-state index contributed by atoms with van der Waals surface area (Å²) in [6.07, 6.45) is 0.964. The van der Waals surface area contributed by atoms with E-state index in [9.17, 15) is 18.0 Å². The van der Waals surface area contributed by atoms with Crippen molar-refractivity contribution in [3.8, 4) is 0 Å². The van der Waals surface area contributed by atoms with E-state index in [0.717, 1.165) is 5.56 Å². The van der Waals surface area contributed by atoms with Crippen molar-refractivity contribution in [2.75, 3.05) is 11.5 Å². The third kappa shape index (κ3) is 4.27. The summed E-state index contributed by atoms with van der Waals surface area (Å²) in [6.45, 7) is 0.391. The maximum absolute atomic E-state index is 12.1. The largest absolute Gasteiger partial charge is 0.352 e. The van der Waals surface area contributed by atoms with Gasteiger partial charge >= 0.3 is 0 Å². The van der Waals surface area contributed by atoms with Gasteiger partial charge in [-0.3, -0.25) is 9.59 Å². The Morgan fingerprint density at radius 2 is 1.79 bits per heavy atom. The Labute approximate surface area is 145 Å². The van der Waals surface area contributed by atoms with E-state index in [1.165, 1.54) is 0 Å². The molecule has 2 aliphatic rings. The van der Waals surface area contributed by atoms with E-state index in [1.54, 1.807) is 12.1 Å². The molecule has 1 aromatic carbocycles. The molecule has 3 rings (SSSR count). The molecular weight excluding hydrogens is 352 g/mol. The summed E-state index contributed by atoms with van der Waals surface area (Å²) in [5.74, 6) is -0.923. The quantitative estimate of drug-likeness (QED) is 0.805. The summed E-state index contributed by atoms with van der Waals surface area (Å²) in [6, 6.07) is 6.86. The first-order valence-corrected chi connectivity index (χ1v) is 10.1. The molecule has 1 aromatic rings. The van der Waals surface area contributed by atoms with Gasteiger partial charge in [-0.05, 0) is 30.5 Å². The van der Waals surface area contributed by atoms with Crippen LogP contribution in [0.25, 0.3) is 0 Å². The van der Waals surface area contributed by atoms with Gasteiger partial charge in [0.25, 0.3) is 0 Å². The number of benzene rings is 1. The van der Waals surface area contributed by atoms with Crippen molar-refractivity contribution in [1.29, 1.82) is 0 Å². The van der Waals surface area contributed by atoms with Gasteiger partial charge in [0.05, 0.1) is 23.3 Å². The molecule has 130 valence electrons. The Morgan fingerprint density at radius 3 is 2.42 bits per heavy atom. The van der Waals surface area contributed by atoms with Crippen LogP contribution >= 0.6 is 11.6 Å². The number of nitrogens with one attached hydrogen (secondary N) is 2. The maximum Gasteiger partial charge on any atom is 0.224 e. The summed E-state index contributed by atoms with van der Waals surface area (Å²) in [5.41, 5.74) is 0.936. The van der Waals surface area contributed by atoms with Gasteiger partial charge in [0, 0.05) is 17.6 Å². The Balaban J connectivity index is 1.43. The second kappa shape index (κ2) is 6.72. The van der Waals surface area contributed by atoms with Crippen LogP contribution in [-0.4, -0.2) is 37.8 Å². The highest BCUT2D eigenvalue weighted by Crippen LogP contribution is 2.39. The lowest BCUT2D eigenvalue weighted by atomic mass is 10.2. The van der Waals surface area contributed by atoms with E-state index in [0.29, 0.717) is 24.4 Å². The van der Waals surface area contributed by atoms with Gasteiger partial charge in [-0.15, -0.1) is 0 Å². The van der Waals surface area contributed by atoms with Crippen molar-refractivity contribution in [3.05, 3.63) is 34.9 Å². The zero-order valence-corrected chi connectivity index (χ0v) is 14.6. The summed E-state index contributed by atoms with van der Waals surface area (Å²) >= 11 is 5.81. The van der Waals surface area contributed by atoms with Crippen LogP contribution in [0.5, 0.6) is 0 Å². The third-order valence-corrected chi connectivity index (χ3v) is 6.44. The highest BCUT2D eigenvalue weighted by molar-refractivity contribution is 7.91. The lowest BCUT2D eigenvalue weighted by molar-refractivity contribution is -0.127. The average Bonchev–Trinajstić information content (AvgIpc) is 3.26. The normalized spacial score (nSPS) is 27.5. The minimum atomic E-state index is -3.02. The van der Waals surface area contributed by atoms with Crippen LogP contribution in [0.1, 0.15) is 18.4 Å². The summed E-state index contributed by atoms with van der Waals surface area (Å²) in [5, 5.41) is 6.20. The van der Waals surface area contributed by atoms with Crippen molar-refractivity contribution in [2.24, 2.45) is 11.8 Å². The number of rotatable bonds is 5. The molecule has 6 nitrogen and oxygen atoms in total. The van der Waals surface area contributed by atoms with Crippen molar-refractivity contribution in [3.63, 3.8) is 0 Å². The first kappa shape index (κ1) is 17.2. The molecule has 2 amide bonds. The van der Waals surface area contributed by atoms with Gasteiger partial charge in [0.2, 0.25) is 11.8 Å². The van der Waals surface area contributed by atoms with E-state index in [2.05, 4.69) is 10.6 Å². The highest BCUT2D eigenvalue weighted by Gasteiger charge is 2.48. The van der Waals surface area contributed by atoms with Crippen molar-refractivity contribution in [2.45, 2.75) is 25.4 Å². The number of carbonyl (C=O) groups excluding carboxylic acids is 2. The number of hydrogen-bond acceptors (Lipinski definition) is 4.